The summed E-state index contributed by atoms with van der Waals surface area (Å²) in [6, 6.07) is 6.68. The van der Waals surface area contributed by atoms with Crippen molar-refractivity contribution in [3.63, 3.8) is 0 Å². The summed E-state index contributed by atoms with van der Waals surface area (Å²) in [5.41, 5.74) is 5.28. The van der Waals surface area contributed by atoms with Crippen LogP contribution in [0.1, 0.15) is 33.3 Å². The van der Waals surface area contributed by atoms with Crippen LogP contribution >= 0.6 is 0 Å². The van der Waals surface area contributed by atoms with Crippen molar-refractivity contribution in [1.82, 2.24) is 9.78 Å². The van der Waals surface area contributed by atoms with E-state index in [1.807, 2.05) is 45.6 Å². The van der Waals surface area contributed by atoms with Gasteiger partial charge in [0.15, 0.2) is 0 Å². The molecule has 20 heavy (non-hydrogen) atoms. The van der Waals surface area contributed by atoms with Crippen molar-refractivity contribution in [3.05, 3.63) is 36.2 Å². The summed E-state index contributed by atoms with van der Waals surface area (Å²) in [6.45, 7) is 9.13. The number of hydrogen-bond acceptors (Lipinski definition) is 2. The molecule has 2 heterocycles. The van der Waals surface area contributed by atoms with E-state index in [9.17, 15) is 0 Å². The average Bonchev–Trinajstić information content (AvgIpc) is 3.10. The van der Waals surface area contributed by atoms with Gasteiger partial charge in [-0.3, -0.25) is 4.68 Å². The Bertz CT molecular complexity index is 529. The van der Waals surface area contributed by atoms with Gasteiger partial charge in [-0.1, -0.05) is 33.8 Å². The summed E-state index contributed by atoms with van der Waals surface area (Å²) >= 11 is 0. The zero-order valence-electron chi connectivity index (χ0n) is 13.6. The van der Waals surface area contributed by atoms with Crippen LogP contribution in [0, 0.1) is 0 Å². The molecule has 0 fully saturated rings. The van der Waals surface area contributed by atoms with E-state index < -0.39 is 0 Å². The lowest BCUT2D eigenvalue weighted by atomic mass is 10.0. The Hall–Kier alpha value is -1.77. The van der Waals surface area contributed by atoms with E-state index in [0.29, 0.717) is 0 Å². The molecule has 1 aromatic heterocycles. The van der Waals surface area contributed by atoms with Gasteiger partial charge >= 0.3 is 0 Å². The summed E-state index contributed by atoms with van der Waals surface area (Å²) in [5.74, 6) is 0. The first kappa shape index (κ1) is 16.3. The van der Waals surface area contributed by atoms with Crippen LogP contribution in [0.15, 0.2) is 30.6 Å². The fourth-order valence-corrected chi connectivity index (χ4v) is 2.32. The number of nitrogens with zero attached hydrogens (tertiary/aromatic N) is 3. The molecule has 0 spiro atoms. The van der Waals surface area contributed by atoms with E-state index in [-0.39, 0.29) is 0 Å². The quantitative estimate of drug-likeness (QED) is 0.779. The molecule has 0 atom stereocenters. The standard InChI is InChI=1S/C13H15N3.2C2H6/c1-15-6-5-11-7-10(3-4-13(11)15)12-8-14-16(2)9-12;2*1-2/h3-4,7-9H,5-6H2,1-2H3;2*1-2H3. The summed E-state index contributed by atoms with van der Waals surface area (Å²) in [7, 11) is 4.10. The highest BCUT2D eigenvalue weighted by molar-refractivity contribution is 5.69. The molecule has 0 unspecified atom stereocenters. The van der Waals surface area contributed by atoms with Crippen LogP contribution in [0.4, 0.5) is 5.69 Å². The van der Waals surface area contributed by atoms with E-state index in [1.165, 1.54) is 22.4 Å². The largest absolute Gasteiger partial charge is 0.374 e. The Morgan fingerprint density at radius 1 is 1.00 bits per heavy atom. The maximum atomic E-state index is 4.21. The first-order valence-corrected chi connectivity index (χ1v) is 7.57. The third-order valence-electron chi connectivity index (χ3n) is 3.25. The molecule has 3 nitrogen and oxygen atoms in total. The second kappa shape index (κ2) is 7.73. The maximum absolute atomic E-state index is 4.21. The lowest BCUT2D eigenvalue weighted by Gasteiger charge is -2.11. The van der Waals surface area contributed by atoms with E-state index in [1.54, 1.807) is 0 Å². The fraction of sp³-hybridized carbons (Fsp3) is 0.471. The lowest BCUT2D eigenvalue weighted by molar-refractivity contribution is 0.768. The highest BCUT2D eigenvalue weighted by Crippen LogP contribution is 2.30. The van der Waals surface area contributed by atoms with Crippen molar-refractivity contribution >= 4 is 5.69 Å². The van der Waals surface area contributed by atoms with Crippen molar-refractivity contribution in [1.29, 1.82) is 0 Å². The van der Waals surface area contributed by atoms with Crippen LogP contribution in [0.2, 0.25) is 0 Å². The SMILES string of the molecule is CC.CC.CN1CCc2cc(-c3cnn(C)c3)ccc21. The predicted octanol–water partition coefficient (Wildman–Crippen LogP) is 4.13. The molecule has 0 N–H and O–H groups in total. The van der Waals surface area contributed by atoms with Crippen LogP contribution in [-0.2, 0) is 13.5 Å². The fourth-order valence-electron chi connectivity index (χ4n) is 2.32. The second-order valence-electron chi connectivity index (χ2n) is 4.42. The van der Waals surface area contributed by atoms with Crippen LogP contribution in [0.3, 0.4) is 0 Å². The van der Waals surface area contributed by atoms with Gasteiger partial charge in [0.25, 0.3) is 0 Å². The van der Waals surface area contributed by atoms with Gasteiger partial charge in [-0.2, -0.15) is 5.10 Å². The first-order valence-electron chi connectivity index (χ1n) is 7.57. The third kappa shape index (κ3) is 3.41. The van der Waals surface area contributed by atoms with Gasteiger partial charge in [-0.15, -0.1) is 0 Å². The number of aryl methyl sites for hydroxylation is 1. The predicted molar refractivity (Wildman–Crippen MR) is 88.3 cm³/mol. The first-order chi connectivity index (χ1) is 9.74. The van der Waals surface area contributed by atoms with Gasteiger partial charge in [0.2, 0.25) is 0 Å². The Kier molecular flexibility index (Phi) is 6.29. The normalized spacial score (nSPS) is 12.0. The zero-order valence-corrected chi connectivity index (χ0v) is 13.6. The Labute approximate surface area is 123 Å². The molecule has 0 radical (unpaired) electrons. The second-order valence-corrected chi connectivity index (χ2v) is 4.42. The summed E-state index contributed by atoms with van der Waals surface area (Å²) in [6.07, 6.45) is 5.13. The number of fused-ring (bicyclic) bond motifs is 1. The number of rotatable bonds is 1. The van der Waals surface area contributed by atoms with Gasteiger partial charge in [0.05, 0.1) is 6.20 Å². The monoisotopic (exact) mass is 273 g/mol. The van der Waals surface area contributed by atoms with Crippen molar-refractivity contribution < 1.29 is 0 Å². The molecule has 0 amide bonds. The third-order valence-corrected chi connectivity index (χ3v) is 3.25. The maximum Gasteiger partial charge on any atom is 0.0568 e. The molecular weight excluding hydrogens is 246 g/mol. The highest BCUT2D eigenvalue weighted by Gasteiger charge is 2.15. The molecule has 1 aliphatic heterocycles. The van der Waals surface area contributed by atoms with E-state index >= 15 is 0 Å². The van der Waals surface area contributed by atoms with Gasteiger partial charge < -0.3 is 4.90 Å². The Morgan fingerprint density at radius 2 is 1.70 bits per heavy atom. The molecule has 0 aliphatic carbocycles. The molecule has 2 aromatic rings. The number of hydrogen-bond donors (Lipinski definition) is 0. The van der Waals surface area contributed by atoms with Gasteiger partial charge in [-0.05, 0) is 29.7 Å². The van der Waals surface area contributed by atoms with Crippen molar-refractivity contribution in [2.75, 3.05) is 18.5 Å². The summed E-state index contributed by atoms with van der Waals surface area (Å²) in [5, 5.41) is 4.21. The van der Waals surface area contributed by atoms with Gasteiger partial charge in [0, 0.05) is 38.1 Å². The Balaban J connectivity index is 0.000000461. The number of likely N-dealkylation sites (N-methyl/N-ethyl adjacent to an activating group) is 1. The minimum absolute atomic E-state index is 1.13. The minimum atomic E-state index is 1.13. The van der Waals surface area contributed by atoms with Gasteiger partial charge in [-0.25, -0.2) is 0 Å². The molecule has 3 rings (SSSR count). The van der Waals surface area contributed by atoms with E-state index in [4.69, 9.17) is 0 Å². The van der Waals surface area contributed by atoms with E-state index in [0.717, 1.165) is 13.0 Å². The highest BCUT2D eigenvalue weighted by atomic mass is 15.2. The number of benzene rings is 1. The molecule has 0 bridgehead atoms. The van der Waals surface area contributed by atoms with Crippen LogP contribution in [0.5, 0.6) is 0 Å². The van der Waals surface area contributed by atoms with Crippen LogP contribution in [-0.4, -0.2) is 23.4 Å². The molecule has 3 heteroatoms. The topological polar surface area (TPSA) is 21.1 Å². The minimum Gasteiger partial charge on any atom is -0.374 e. The van der Waals surface area contributed by atoms with Crippen LogP contribution in [0.25, 0.3) is 11.1 Å². The summed E-state index contributed by atoms with van der Waals surface area (Å²) in [4.78, 5) is 2.31. The smallest absolute Gasteiger partial charge is 0.0568 e. The molecular formula is C17H27N3. The number of aromatic nitrogens is 2. The molecule has 110 valence electrons. The zero-order chi connectivity index (χ0) is 15.1. The van der Waals surface area contributed by atoms with Crippen molar-refractivity contribution in [3.8, 4) is 11.1 Å². The van der Waals surface area contributed by atoms with Crippen molar-refractivity contribution in [2.24, 2.45) is 7.05 Å². The molecule has 0 saturated carbocycles. The molecule has 1 aliphatic rings. The molecule has 0 saturated heterocycles. The van der Waals surface area contributed by atoms with Crippen LogP contribution < -0.4 is 4.90 Å². The van der Waals surface area contributed by atoms with Crippen molar-refractivity contribution in [2.45, 2.75) is 34.1 Å². The number of anilines is 1. The summed E-state index contributed by atoms with van der Waals surface area (Å²) < 4.78 is 1.84. The lowest BCUT2D eigenvalue weighted by Crippen LogP contribution is -2.12. The van der Waals surface area contributed by atoms with Gasteiger partial charge in [0.1, 0.15) is 0 Å². The average molecular weight is 273 g/mol. The molecule has 1 aromatic carbocycles. The Morgan fingerprint density at radius 3 is 2.30 bits per heavy atom. The van der Waals surface area contributed by atoms with E-state index in [2.05, 4.69) is 41.4 Å².